The Morgan fingerprint density at radius 1 is 1.00 bits per heavy atom. The molecule has 0 aliphatic heterocycles. The number of hydrogen-bond acceptors (Lipinski definition) is 0. The molecule has 3 aliphatic rings. The topological polar surface area (TPSA) is 0 Å². The number of rotatable bonds is 0. The van der Waals surface area contributed by atoms with Gasteiger partial charge in [0.15, 0.2) is 0 Å². The van der Waals surface area contributed by atoms with E-state index in [0.29, 0.717) is 5.92 Å². The number of hydrogen-bond donors (Lipinski definition) is 0. The van der Waals surface area contributed by atoms with Crippen LogP contribution in [0, 0.1) is 11.8 Å². The maximum absolute atomic E-state index is 12.9. The summed E-state index contributed by atoms with van der Waals surface area (Å²) < 4.78 is 12.9. The van der Waals surface area contributed by atoms with Crippen molar-refractivity contribution >= 4 is 0 Å². The minimum Gasteiger partial charge on any atom is -0.247 e. The van der Waals surface area contributed by atoms with Crippen LogP contribution in [0.1, 0.15) is 32.1 Å². The van der Waals surface area contributed by atoms with E-state index >= 15 is 0 Å². The second-order valence-corrected chi connectivity index (χ2v) is 3.53. The molecule has 3 saturated carbocycles. The van der Waals surface area contributed by atoms with Gasteiger partial charge in [0, 0.05) is 0 Å². The molecule has 1 unspecified atom stereocenters. The summed E-state index contributed by atoms with van der Waals surface area (Å²) in [6.45, 7) is 0. The zero-order valence-corrected chi connectivity index (χ0v) is 5.65. The molecule has 1 atom stereocenters. The molecule has 0 aromatic rings. The fourth-order valence-corrected chi connectivity index (χ4v) is 2.30. The van der Waals surface area contributed by atoms with Gasteiger partial charge in [-0.05, 0) is 43.9 Å². The summed E-state index contributed by atoms with van der Waals surface area (Å²) in [6.07, 6.45) is 5.41. The molecular formula is C8H13F. The largest absolute Gasteiger partial charge is 0.247 e. The van der Waals surface area contributed by atoms with E-state index in [9.17, 15) is 4.39 Å². The van der Waals surface area contributed by atoms with Gasteiger partial charge < -0.3 is 0 Å². The van der Waals surface area contributed by atoms with Crippen LogP contribution in [0.25, 0.3) is 0 Å². The Bertz CT molecular complexity index is 103. The van der Waals surface area contributed by atoms with Gasteiger partial charge in [0.05, 0.1) is 0 Å². The Kier molecular flexibility index (Phi) is 1.24. The SMILES string of the molecule is FC1CC2CCC1CC2. The zero-order valence-electron chi connectivity index (χ0n) is 5.65. The molecule has 52 valence electrons. The van der Waals surface area contributed by atoms with Crippen molar-refractivity contribution < 1.29 is 4.39 Å². The van der Waals surface area contributed by atoms with Crippen LogP contribution in [-0.4, -0.2) is 6.17 Å². The molecule has 0 heterocycles. The summed E-state index contributed by atoms with van der Waals surface area (Å²) in [5.74, 6) is 1.21. The molecule has 0 spiro atoms. The summed E-state index contributed by atoms with van der Waals surface area (Å²) in [5.41, 5.74) is 0. The molecule has 3 fully saturated rings. The highest BCUT2D eigenvalue weighted by molar-refractivity contribution is 4.85. The van der Waals surface area contributed by atoms with Crippen LogP contribution < -0.4 is 0 Å². The smallest absolute Gasteiger partial charge is 0.103 e. The molecule has 0 amide bonds. The Balaban J connectivity index is 2.06. The molecule has 1 heteroatoms. The standard InChI is InChI=1S/C8H13F/c9-8-5-6-1-3-7(8)4-2-6/h6-8H,1-5H2. The van der Waals surface area contributed by atoms with Crippen molar-refractivity contribution in [1.82, 2.24) is 0 Å². The lowest BCUT2D eigenvalue weighted by Crippen LogP contribution is -2.32. The molecule has 3 aliphatic carbocycles. The summed E-state index contributed by atoms with van der Waals surface area (Å²) in [7, 11) is 0. The van der Waals surface area contributed by atoms with Gasteiger partial charge in [-0.15, -0.1) is 0 Å². The lowest BCUT2D eigenvalue weighted by molar-refractivity contribution is 0.0653. The van der Waals surface area contributed by atoms with Gasteiger partial charge in [0.25, 0.3) is 0 Å². The third kappa shape index (κ3) is 0.867. The maximum atomic E-state index is 12.9. The van der Waals surface area contributed by atoms with Crippen molar-refractivity contribution in [3.05, 3.63) is 0 Å². The van der Waals surface area contributed by atoms with Crippen molar-refractivity contribution in [2.45, 2.75) is 38.3 Å². The van der Waals surface area contributed by atoms with Gasteiger partial charge in [0.1, 0.15) is 6.17 Å². The van der Waals surface area contributed by atoms with E-state index in [2.05, 4.69) is 0 Å². The predicted octanol–water partition coefficient (Wildman–Crippen LogP) is 2.53. The molecule has 3 rings (SSSR count). The van der Waals surface area contributed by atoms with Gasteiger partial charge in [-0.3, -0.25) is 0 Å². The lowest BCUT2D eigenvalue weighted by Gasteiger charge is -2.38. The van der Waals surface area contributed by atoms with Crippen LogP contribution in [0.15, 0.2) is 0 Å². The highest BCUT2D eigenvalue weighted by atomic mass is 19.1. The molecule has 0 nitrogen and oxygen atoms in total. The molecule has 9 heavy (non-hydrogen) atoms. The Labute approximate surface area is 55.4 Å². The predicted molar refractivity (Wildman–Crippen MR) is 35.0 cm³/mol. The van der Waals surface area contributed by atoms with Crippen LogP contribution in [-0.2, 0) is 0 Å². The summed E-state index contributed by atoms with van der Waals surface area (Å²) in [4.78, 5) is 0. The van der Waals surface area contributed by atoms with Crippen molar-refractivity contribution in [3.8, 4) is 0 Å². The normalized spacial score (nSPS) is 49.7. The Morgan fingerprint density at radius 3 is 1.89 bits per heavy atom. The molecule has 0 radical (unpaired) electrons. The van der Waals surface area contributed by atoms with Crippen molar-refractivity contribution in [2.75, 3.05) is 0 Å². The van der Waals surface area contributed by atoms with Crippen molar-refractivity contribution in [1.29, 1.82) is 0 Å². The molecule has 0 N–H and O–H groups in total. The summed E-state index contributed by atoms with van der Waals surface area (Å²) in [6, 6.07) is 0. The first kappa shape index (κ1) is 5.70. The van der Waals surface area contributed by atoms with Crippen LogP contribution in [0.2, 0.25) is 0 Å². The van der Waals surface area contributed by atoms with Crippen molar-refractivity contribution in [2.24, 2.45) is 11.8 Å². The van der Waals surface area contributed by atoms with Gasteiger partial charge in [-0.2, -0.15) is 0 Å². The highest BCUT2D eigenvalue weighted by Crippen LogP contribution is 2.42. The minimum atomic E-state index is -0.433. The van der Waals surface area contributed by atoms with Crippen LogP contribution in [0.4, 0.5) is 4.39 Å². The number of alkyl halides is 1. The molecular weight excluding hydrogens is 115 g/mol. The fraction of sp³-hybridized carbons (Fsp3) is 1.00. The van der Waals surface area contributed by atoms with Crippen molar-refractivity contribution in [3.63, 3.8) is 0 Å². The summed E-state index contributed by atoms with van der Waals surface area (Å²) in [5, 5.41) is 0. The van der Waals surface area contributed by atoms with Crippen LogP contribution >= 0.6 is 0 Å². The first-order valence-electron chi connectivity index (χ1n) is 4.00. The highest BCUT2D eigenvalue weighted by Gasteiger charge is 2.35. The van der Waals surface area contributed by atoms with Gasteiger partial charge in [0.2, 0.25) is 0 Å². The molecule has 2 bridgehead atoms. The van der Waals surface area contributed by atoms with E-state index in [0.717, 1.165) is 12.3 Å². The first-order valence-corrected chi connectivity index (χ1v) is 4.00. The van der Waals surface area contributed by atoms with Gasteiger partial charge >= 0.3 is 0 Å². The van der Waals surface area contributed by atoms with E-state index < -0.39 is 6.17 Å². The second-order valence-electron chi connectivity index (χ2n) is 3.53. The molecule has 0 aromatic carbocycles. The minimum absolute atomic E-state index is 0.433. The van der Waals surface area contributed by atoms with Crippen LogP contribution in [0.5, 0.6) is 0 Å². The molecule has 0 saturated heterocycles. The second kappa shape index (κ2) is 1.96. The Morgan fingerprint density at radius 2 is 1.67 bits per heavy atom. The quantitative estimate of drug-likeness (QED) is 0.470. The van der Waals surface area contributed by atoms with Gasteiger partial charge in [-0.1, -0.05) is 0 Å². The summed E-state index contributed by atoms with van der Waals surface area (Å²) >= 11 is 0. The maximum Gasteiger partial charge on any atom is 0.103 e. The average Bonchev–Trinajstić information content (AvgIpc) is 1.90. The number of halogens is 1. The zero-order chi connectivity index (χ0) is 6.27. The first-order chi connectivity index (χ1) is 4.36. The van der Waals surface area contributed by atoms with Crippen LogP contribution in [0.3, 0.4) is 0 Å². The van der Waals surface area contributed by atoms with E-state index in [1.54, 1.807) is 0 Å². The van der Waals surface area contributed by atoms with E-state index in [1.807, 2.05) is 0 Å². The Hall–Kier alpha value is -0.0700. The lowest BCUT2D eigenvalue weighted by atomic mass is 9.70. The van der Waals surface area contributed by atoms with E-state index in [4.69, 9.17) is 0 Å². The fourth-order valence-electron chi connectivity index (χ4n) is 2.30. The van der Waals surface area contributed by atoms with Gasteiger partial charge in [-0.25, -0.2) is 4.39 Å². The van der Waals surface area contributed by atoms with E-state index in [-0.39, 0.29) is 0 Å². The monoisotopic (exact) mass is 128 g/mol. The third-order valence-corrected chi connectivity index (χ3v) is 2.96. The van der Waals surface area contributed by atoms with E-state index in [1.165, 1.54) is 25.7 Å². The average molecular weight is 128 g/mol. The molecule has 0 aromatic heterocycles. The third-order valence-electron chi connectivity index (χ3n) is 2.96. The number of fused-ring (bicyclic) bond motifs is 3.